The van der Waals surface area contributed by atoms with E-state index < -0.39 is 5.92 Å². The zero-order valence-corrected chi connectivity index (χ0v) is 14.7. The standard InChI is InChI=1S/C17H13Cl3N2O2/c18-11-4-1-2-7-14(11)21-17(24)10-8-15(23)22(9-10)16-12(19)5-3-6-13(16)20/h1-7,10H,8-9H2,(H,21,24). The molecule has 2 amide bonds. The third kappa shape index (κ3) is 3.36. The predicted octanol–water partition coefficient (Wildman–Crippen LogP) is 4.64. The first kappa shape index (κ1) is 17.1. The summed E-state index contributed by atoms with van der Waals surface area (Å²) < 4.78 is 0. The molecule has 1 atom stereocenters. The van der Waals surface area contributed by atoms with Gasteiger partial charge in [0, 0.05) is 13.0 Å². The van der Waals surface area contributed by atoms with Gasteiger partial charge in [-0.3, -0.25) is 9.59 Å². The molecule has 3 rings (SSSR count). The first-order chi connectivity index (χ1) is 11.5. The zero-order chi connectivity index (χ0) is 17.3. The van der Waals surface area contributed by atoms with Crippen molar-refractivity contribution in [2.45, 2.75) is 6.42 Å². The molecule has 1 unspecified atom stereocenters. The van der Waals surface area contributed by atoms with E-state index in [0.717, 1.165) is 0 Å². The molecular formula is C17H13Cl3N2O2. The van der Waals surface area contributed by atoms with Gasteiger partial charge in [0.1, 0.15) is 0 Å². The summed E-state index contributed by atoms with van der Waals surface area (Å²) in [4.78, 5) is 26.2. The van der Waals surface area contributed by atoms with Crippen LogP contribution in [0.25, 0.3) is 0 Å². The smallest absolute Gasteiger partial charge is 0.229 e. The number of nitrogens with one attached hydrogen (secondary N) is 1. The first-order valence-corrected chi connectivity index (χ1v) is 8.40. The Morgan fingerprint density at radius 2 is 1.62 bits per heavy atom. The highest BCUT2D eigenvalue weighted by molar-refractivity contribution is 6.40. The van der Waals surface area contributed by atoms with Crippen molar-refractivity contribution in [3.8, 4) is 0 Å². The fraction of sp³-hybridized carbons (Fsp3) is 0.176. The SMILES string of the molecule is O=C(Nc1ccccc1Cl)C1CC(=O)N(c2c(Cl)cccc2Cl)C1. The molecule has 1 saturated heterocycles. The van der Waals surface area contributed by atoms with Crippen LogP contribution in [-0.2, 0) is 9.59 Å². The Balaban J connectivity index is 1.77. The maximum Gasteiger partial charge on any atom is 0.229 e. The summed E-state index contributed by atoms with van der Waals surface area (Å²) in [6, 6.07) is 12.0. The highest BCUT2D eigenvalue weighted by atomic mass is 35.5. The van der Waals surface area contributed by atoms with Gasteiger partial charge < -0.3 is 10.2 Å². The van der Waals surface area contributed by atoms with Crippen LogP contribution in [0.3, 0.4) is 0 Å². The molecule has 0 bridgehead atoms. The summed E-state index contributed by atoms with van der Waals surface area (Å²) in [7, 11) is 0. The topological polar surface area (TPSA) is 49.4 Å². The molecular weight excluding hydrogens is 371 g/mol. The van der Waals surface area contributed by atoms with E-state index in [2.05, 4.69) is 5.32 Å². The Morgan fingerprint density at radius 3 is 2.29 bits per heavy atom. The zero-order valence-electron chi connectivity index (χ0n) is 12.4. The predicted molar refractivity (Wildman–Crippen MR) is 97.0 cm³/mol. The van der Waals surface area contributed by atoms with E-state index in [1.54, 1.807) is 42.5 Å². The number of carbonyl (C=O) groups is 2. The van der Waals surface area contributed by atoms with Crippen molar-refractivity contribution >= 4 is 58.0 Å². The Bertz CT molecular complexity index is 790. The monoisotopic (exact) mass is 382 g/mol. The van der Waals surface area contributed by atoms with Crippen molar-refractivity contribution < 1.29 is 9.59 Å². The molecule has 4 nitrogen and oxygen atoms in total. The lowest BCUT2D eigenvalue weighted by molar-refractivity contribution is -0.122. The molecule has 0 spiro atoms. The summed E-state index contributed by atoms with van der Waals surface area (Å²) >= 11 is 18.4. The lowest BCUT2D eigenvalue weighted by atomic mass is 10.1. The molecule has 7 heteroatoms. The van der Waals surface area contributed by atoms with Gasteiger partial charge in [0.25, 0.3) is 0 Å². The van der Waals surface area contributed by atoms with E-state index in [1.165, 1.54) is 4.90 Å². The van der Waals surface area contributed by atoms with E-state index in [-0.39, 0.29) is 24.8 Å². The number of benzene rings is 2. The normalized spacial score (nSPS) is 17.2. The number of hydrogen-bond acceptors (Lipinski definition) is 2. The third-order valence-electron chi connectivity index (χ3n) is 3.84. The van der Waals surface area contributed by atoms with Crippen molar-refractivity contribution in [2.24, 2.45) is 5.92 Å². The summed E-state index contributed by atoms with van der Waals surface area (Å²) in [5.74, 6) is -0.951. The number of rotatable bonds is 3. The van der Waals surface area contributed by atoms with Gasteiger partial charge in [-0.05, 0) is 24.3 Å². The summed E-state index contributed by atoms with van der Waals surface area (Å²) in [6.07, 6.45) is 0.0951. The minimum Gasteiger partial charge on any atom is -0.324 e. The maximum atomic E-state index is 12.4. The lowest BCUT2D eigenvalue weighted by Gasteiger charge is -2.19. The molecule has 2 aromatic carbocycles. The van der Waals surface area contributed by atoms with Gasteiger partial charge in [0.15, 0.2) is 0 Å². The van der Waals surface area contributed by atoms with Gasteiger partial charge in [-0.25, -0.2) is 0 Å². The van der Waals surface area contributed by atoms with Crippen molar-refractivity contribution in [2.75, 3.05) is 16.8 Å². The second-order valence-corrected chi connectivity index (χ2v) is 6.67. The minimum atomic E-state index is -0.499. The average Bonchev–Trinajstić information content (AvgIpc) is 2.91. The van der Waals surface area contributed by atoms with Gasteiger partial charge in [-0.15, -0.1) is 0 Å². The van der Waals surface area contributed by atoms with Crippen LogP contribution >= 0.6 is 34.8 Å². The summed E-state index contributed by atoms with van der Waals surface area (Å²) in [5.41, 5.74) is 0.963. The fourth-order valence-electron chi connectivity index (χ4n) is 2.64. The first-order valence-electron chi connectivity index (χ1n) is 7.27. The molecule has 1 N–H and O–H groups in total. The number of hydrogen-bond donors (Lipinski definition) is 1. The number of halogens is 3. The minimum absolute atomic E-state index is 0.0951. The Morgan fingerprint density at radius 1 is 1.00 bits per heavy atom. The van der Waals surface area contributed by atoms with Gasteiger partial charge in [0.05, 0.1) is 32.4 Å². The third-order valence-corrected chi connectivity index (χ3v) is 4.77. The largest absolute Gasteiger partial charge is 0.324 e. The quantitative estimate of drug-likeness (QED) is 0.839. The van der Waals surface area contributed by atoms with Gasteiger partial charge >= 0.3 is 0 Å². The van der Waals surface area contributed by atoms with Crippen LogP contribution in [0.4, 0.5) is 11.4 Å². The van der Waals surface area contributed by atoms with Crippen molar-refractivity contribution in [3.05, 3.63) is 57.5 Å². The summed E-state index contributed by atoms with van der Waals surface area (Å²) in [5, 5.41) is 3.96. The average molecular weight is 384 g/mol. The van der Waals surface area contributed by atoms with Gasteiger partial charge in [-0.1, -0.05) is 53.0 Å². The molecule has 2 aromatic rings. The van der Waals surface area contributed by atoms with Crippen LogP contribution < -0.4 is 10.2 Å². The fourth-order valence-corrected chi connectivity index (χ4v) is 3.43. The molecule has 0 aliphatic carbocycles. The molecule has 1 fully saturated rings. The van der Waals surface area contributed by atoms with Crippen LogP contribution in [0.2, 0.25) is 15.1 Å². The van der Waals surface area contributed by atoms with E-state index in [0.29, 0.717) is 26.4 Å². The Labute approximate surface area is 154 Å². The van der Waals surface area contributed by atoms with E-state index in [4.69, 9.17) is 34.8 Å². The van der Waals surface area contributed by atoms with Crippen LogP contribution in [0, 0.1) is 5.92 Å². The molecule has 24 heavy (non-hydrogen) atoms. The van der Waals surface area contributed by atoms with Crippen molar-refractivity contribution in [1.82, 2.24) is 0 Å². The number of amides is 2. The van der Waals surface area contributed by atoms with Crippen molar-refractivity contribution in [1.29, 1.82) is 0 Å². The molecule has 0 radical (unpaired) electrons. The molecule has 1 heterocycles. The molecule has 124 valence electrons. The molecule has 1 aliphatic heterocycles. The van der Waals surface area contributed by atoms with E-state index in [1.807, 2.05) is 0 Å². The number of nitrogens with zero attached hydrogens (tertiary/aromatic N) is 1. The molecule has 0 saturated carbocycles. The number of para-hydroxylation sites is 2. The molecule has 1 aliphatic rings. The van der Waals surface area contributed by atoms with Crippen LogP contribution in [0.5, 0.6) is 0 Å². The second-order valence-electron chi connectivity index (χ2n) is 5.44. The van der Waals surface area contributed by atoms with Crippen molar-refractivity contribution in [3.63, 3.8) is 0 Å². The maximum absolute atomic E-state index is 12.4. The Kier molecular flexibility index (Phi) is 4.99. The number of anilines is 2. The van der Waals surface area contributed by atoms with E-state index in [9.17, 15) is 9.59 Å². The second kappa shape index (κ2) is 7.01. The van der Waals surface area contributed by atoms with Crippen LogP contribution in [-0.4, -0.2) is 18.4 Å². The Hall–Kier alpha value is -1.75. The van der Waals surface area contributed by atoms with Gasteiger partial charge in [-0.2, -0.15) is 0 Å². The van der Waals surface area contributed by atoms with Crippen LogP contribution in [0.1, 0.15) is 6.42 Å². The highest BCUT2D eigenvalue weighted by Crippen LogP contribution is 2.37. The van der Waals surface area contributed by atoms with Gasteiger partial charge in [0.2, 0.25) is 11.8 Å². The lowest BCUT2D eigenvalue weighted by Crippen LogP contribution is -2.28. The highest BCUT2D eigenvalue weighted by Gasteiger charge is 2.36. The number of carbonyl (C=O) groups excluding carboxylic acids is 2. The summed E-state index contributed by atoms with van der Waals surface area (Å²) in [6.45, 7) is 0.221. The van der Waals surface area contributed by atoms with E-state index >= 15 is 0 Å². The molecule has 0 aromatic heterocycles. The van der Waals surface area contributed by atoms with Crippen LogP contribution in [0.15, 0.2) is 42.5 Å².